The maximum Gasteiger partial charge on any atom is 0.395 e. The molecule has 0 fully saturated rings. The minimum absolute atomic E-state index is 0.0265. The first-order valence-electron chi connectivity index (χ1n) is 4.71. The Morgan fingerprint density at radius 1 is 1.31 bits per heavy atom. The van der Waals surface area contributed by atoms with Gasteiger partial charge in [-0.25, -0.2) is 0 Å². The molecule has 0 amide bonds. The summed E-state index contributed by atoms with van der Waals surface area (Å²) in [6.45, 7) is 0. The Hall–Kier alpha value is -0.910. The van der Waals surface area contributed by atoms with E-state index in [9.17, 15) is 17.1 Å². The predicted octanol–water partition coefficient (Wildman–Crippen LogP) is 3.84. The molecule has 0 aliphatic heterocycles. The van der Waals surface area contributed by atoms with Crippen molar-refractivity contribution in [1.82, 2.24) is 0 Å². The zero-order valence-corrected chi connectivity index (χ0v) is 8.96. The average molecular weight is 251 g/mol. The second-order valence-corrected chi connectivity index (χ2v) is 4.39. The Balaban J connectivity index is 2.47. The largest absolute Gasteiger partial charge is 0.398 e. The van der Waals surface area contributed by atoms with Gasteiger partial charge >= 0.3 is 6.18 Å². The van der Waals surface area contributed by atoms with Gasteiger partial charge in [-0.05, 0) is 36.1 Å². The average Bonchev–Trinajstić information content (AvgIpc) is 2.58. The fraction of sp³-hybridized carbons (Fsp3) is 0.400. The van der Waals surface area contributed by atoms with Crippen molar-refractivity contribution in [2.45, 2.75) is 29.8 Å². The number of fused-ring (bicyclic) bond motifs is 1. The van der Waals surface area contributed by atoms with E-state index in [-0.39, 0.29) is 34.7 Å². The molecule has 1 aromatic rings. The maximum atomic E-state index is 12.6. The predicted molar refractivity (Wildman–Crippen MR) is 54.9 cm³/mol. The van der Waals surface area contributed by atoms with Crippen LogP contribution in [0.5, 0.6) is 0 Å². The highest BCUT2D eigenvalue weighted by atomic mass is 32.2. The van der Waals surface area contributed by atoms with Crippen LogP contribution in [-0.2, 0) is 6.42 Å². The lowest BCUT2D eigenvalue weighted by atomic mass is 10.0. The summed E-state index contributed by atoms with van der Waals surface area (Å²) in [7, 11) is 0. The van der Waals surface area contributed by atoms with Crippen LogP contribution in [0, 0.1) is 0 Å². The number of nitrogens with two attached hydrogens (primary N) is 1. The Morgan fingerprint density at radius 3 is 2.56 bits per heavy atom. The second-order valence-electron chi connectivity index (χ2n) is 3.80. The third kappa shape index (κ3) is 1.86. The maximum absolute atomic E-state index is 12.6. The fourth-order valence-corrected chi connectivity index (χ4v) is 2.38. The molecule has 0 aromatic heterocycles. The van der Waals surface area contributed by atoms with Gasteiger partial charge in [0.15, 0.2) is 0 Å². The molecule has 0 heterocycles. The van der Waals surface area contributed by atoms with Crippen molar-refractivity contribution in [1.29, 1.82) is 0 Å². The van der Waals surface area contributed by atoms with Gasteiger partial charge in [-0.15, -0.1) is 0 Å². The lowest BCUT2D eigenvalue weighted by Crippen LogP contribution is -2.18. The van der Waals surface area contributed by atoms with E-state index < -0.39 is 12.1 Å². The summed E-state index contributed by atoms with van der Waals surface area (Å²) < 4.78 is 50.4. The van der Waals surface area contributed by atoms with Crippen molar-refractivity contribution in [2.75, 3.05) is 5.73 Å². The van der Waals surface area contributed by atoms with E-state index in [4.69, 9.17) is 5.73 Å². The van der Waals surface area contributed by atoms with Crippen molar-refractivity contribution in [3.8, 4) is 0 Å². The number of aryl methyl sites for hydroxylation is 1. The van der Waals surface area contributed by atoms with E-state index in [1.807, 2.05) is 0 Å². The Labute approximate surface area is 94.3 Å². The quantitative estimate of drug-likeness (QED) is 0.606. The molecule has 0 radical (unpaired) electrons. The molecule has 1 aliphatic carbocycles. The summed E-state index contributed by atoms with van der Waals surface area (Å²) in [4.78, 5) is 0.0647. The van der Waals surface area contributed by atoms with Gasteiger partial charge in [-0.2, -0.15) is 17.1 Å². The zero-order valence-electron chi connectivity index (χ0n) is 8.14. The van der Waals surface area contributed by atoms with Gasteiger partial charge in [0.05, 0.1) is 23.0 Å². The van der Waals surface area contributed by atoms with Crippen molar-refractivity contribution in [2.24, 2.45) is 0 Å². The monoisotopic (exact) mass is 251 g/mol. The van der Waals surface area contributed by atoms with Crippen LogP contribution in [0.3, 0.4) is 0 Å². The Morgan fingerprint density at radius 2 is 2.00 bits per heavy atom. The van der Waals surface area contributed by atoms with Crippen LogP contribution in [0.15, 0.2) is 17.0 Å². The normalized spacial score (nSPS) is 19.9. The van der Waals surface area contributed by atoms with Crippen molar-refractivity contribution < 1.29 is 17.1 Å². The first-order chi connectivity index (χ1) is 7.43. The van der Waals surface area contributed by atoms with Gasteiger partial charge in [0.1, 0.15) is 0 Å². The molecule has 0 saturated carbocycles. The summed E-state index contributed by atoms with van der Waals surface area (Å²) in [5.41, 5.74) is 6.47. The second kappa shape index (κ2) is 3.84. The Bertz CT molecular complexity index is 416. The molecule has 16 heavy (non-hydrogen) atoms. The SMILES string of the molecule is Nc1cc2c(cc1SF)C(C(F)(F)F)CC2. The number of hydrogen-bond donors (Lipinski definition) is 1. The van der Waals surface area contributed by atoms with Crippen LogP contribution in [0.25, 0.3) is 0 Å². The molecule has 6 heteroatoms. The third-order valence-electron chi connectivity index (χ3n) is 2.83. The van der Waals surface area contributed by atoms with Gasteiger partial charge in [-0.3, -0.25) is 0 Å². The van der Waals surface area contributed by atoms with E-state index in [1.54, 1.807) is 0 Å². The van der Waals surface area contributed by atoms with Crippen molar-refractivity contribution in [3.63, 3.8) is 0 Å². The molecule has 0 spiro atoms. The molecular formula is C10H9F4NS. The fourth-order valence-electron chi connectivity index (χ4n) is 2.06. The van der Waals surface area contributed by atoms with Gasteiger partial charge in [0.25, 0.3) is 0 Å². The number of halogens is 4. The zero-order chi connectivity index (χ0) is 11.9. The molecule has 88 valence electrons. The molecular weight excluding hydrogens is 242 g/mol. The number of anilines is 1. The summed E-state index contributed by atoms with van der Waals surface area (Å²) in [5, 5.41) is 0. The van der Waals surface area contributed by atoms with E-state index in [0.717, 1.165) is 0 Å². The third-order valence-corrected chi connectivity index (χ3v) is 3.35. The minimum Gasteiger partial charge on any atom is -0.398 e. The lowest BCUT2D eigenvalue weighted by molar-refractivity contribution is -0.149. The number of rotatable bonds is 1. The van der Waals surface area contributed by atoms with Crippen LogP contribution in [-0.4, -0.2) is 6.18 Å². The molecule has 0 bridgehead atoms. The smallest absolute Gasteiger partial charge is 0.395 e. The molecule has 1 atom stereocenters. The molecule has 1 aliphatic rings. The summed E-state index contributed by atoms with van der Waals surface area (Å²) in [6, 6.07) is 2.67. The van der Waals surface area contributed by atoms with Crippen LogP contribution < -0.4 is 5.73 Å². The molecule has 2 rings (SSSR count). The van der Waals surface area contributed by atoms with Gasteiger partial charge in [0, 0.05) is 5.69 Å². The van der Waals surface area contributed by atoms with Crippen molar-refractivity contribution in [3.05, 3.63) is 23.3 Å². The highest BCUT2D eigenvalue weighted by Gasteiger charge is 2.44. The van der Waals surface area contributed by atoms with Gasteiger partial charge < -0.3 is 5.73 Å². The van der Waals surface area contributed by atoms with Gasteiger partial charge in [-0.1, -0.05) is 0 Å². The number of benzene rings is 1. The topological polar surface area (TPSA) is 26.0 Å². The van der Waals surface area contributed by atoms with E-state index in [2.05, 4.69) is 0 Å². The van der Waals surface area contributed by atoms with Crippen LogP contribution in [0.1, 0.15) is 23.5 Å². The highest BCUT2D eigenvalue weighted by Crippen LogP contribution is 2.46. The van der Waals surface area contributed by atoms with E-state index in [0.29, 0.717) is 12.0 Å². The molecule has 1 aromatic carbocycles. The number of hydrogen-bond acceptors (Lipinski definition) is 2. The highest BCUT2D eigenvalue weighted by molar-refractivity contribution is 7.94. The van der Waals surface area contributed by atoms with Crippen LogP contribution >= 0.6 is 12.1 Å². The summed E-state index contributed by atoms with van der Waals surface area (Å²) in [5.74, 6) is -1.48. The minimum atomic E-state index is -4.26. The van der Waals surface area contributed by atoms with Crippen LogP contribution in [0.2, 0.25) is 0 Å². The standard InChI is InChI=1S/C10H9F4NS/c11-10(12,13)7-2-1-5-3-8(15)9(16-14)4-6(5)7/h3-4,7H,1-2,15H2. The number of alkyl halides is 3. The number of nitrogen functional groups attached to an aromatic ring is 1. The van der Waals surface area contributed by atoms with Gasteiger partial charge in [0.2, 0.25) is 0 Å². The Kier molecular flexibility index (Phi) is 2.77. The summed E-state index contributed by atoms with van der Waals surface area (Å²) >= 11 is -0.118. The summed E-state index contributed by atoms with van der Waals surface area (Å²) in [6.07, 6.45) is -3.89. The molecule has 1 nitrogen and oxygen atoms in total. The molecule has 2 N–H and O–H groups in total. The van der Waals surface area contributed by atoms with Crippen LogP contribution in [0.4, 0.5) is 22.7 Å². The molecule has 1 unspecified atom stereocenters. The lowest BCUT2D eigenvalue weighted by Gasteiger charge is -2.16. The molecule has 0 saturated heterocycles. The van der Waals surface area contributed by atoms with E-state index >= 15 is 0 Å². The van der Waals surface area contributed by atoms with Crippen molar-refractivity contribution >= 4 is 17.8 Å². The first-order valence-corrected chi connectivity index (χ1v) is 5.42. The van der Waals surface area contributed by atoms with E-state index in [1.165, 1.54) is 12.1 Å². The first kappa shape index (κ1) is 11.6.